The summed E-state index contributed by atoms with van der Waals surface area (Å²) in [5, 5.41) is 23.6. The molecule has 4 rings (SSSR count). The minimum absolute atomic E-state index is 0.0133. The first-order valence-electron chi connectivity index (χ1n) is 13.0. The van der Waals surface area contributed by atoms with E-state index in [0.29, 0.717) is 23.8 Å². The van der Waals surface area contributed by atoms with Gasteiger partial charge in [-0.15, -0.1) is 0 Å². The van der Waals surface area contributed by atoms with E-state index in [1.807, 2.05) is 6.92 Å². The van der Waals surface area contributed by atoms with Gasteiger partial charge in [0.1, 0.15) is 24.3 Å². The molecule has 1 aliphatic heterocycles. The molecule has 0 saturated heterocycles. The number of nitrogens with zero attached hydrogens (tertiary/aromatic N) is 1. The van der Waals surface area contributed by atoms with E-state index in [1.54, 1.807) is 24.3 Å². The van der Waals surface area contributed by atoms with Gasteiger partial charge in [-0.1, -0.05) is 31.5 Å². The van der Waals surface area contributed by atoms with Crippen molar-refractivity contribution in [2.75, 3.05) is 20.3 Å². The number of halogens is 1. The highest BCUT2D eigenvalue weighted by Gasteiger charge is 2.51. The Kier molecular flexibility index (Phi) is 8.98. The fourth-order valence-electron chi connectivity index (χ4n) is 5.20. The number of ether oxygens (including phenoxy) is 2. The molecule has 1 heterocycles. The first-order chi connectivity index (χ1) is 18.8. The monoisotopic (exact) mass is 540 g/mol. The lowest BCUT2D eigenvalue weighted by Gasteiger charge is -2.41. The molecule has 10 heteroatoms. The summed E-state index contributed by atoms with van der Waals surface area (Å²) in [5.41, 5.74) is 1.26. The third-order valence-corrected chi connectivity index (χ3v) is 7.13. The number of methoxy groups -OCH3 is 1. The summed E-state index contributed by atoms with van der Waals surface area (Å²) in [4.78, 5) is 39.8. The average molecular weight is 541 g/mol. The number of carbonyl (C=O) groups excluding carboxylic acids is 3. The molecule has 2 aromatic carbocycles. The quantitative estimate of drug-likeness (QED) is 0.374. The van der Waals surface area contributed by atoms with Crippen LogP contribution in [0, 0.1) is 5.82 Å². The summed E-state index contributed by atoms with van der Waals surface area (Å²) >= 11 is 0. The normalized spacial score (nSPS) is 21.2. The fraction of sp³-hybridized carbons (Fsp3) is 0.414. The number of amides is 2. The smallest absolute Gasteiger partial charge is 0.247 e. The number of hydrogen-bond acceptors (Lipinski definition) is 7. The van der Waals surface area contributed by atoms with Gasteiger partial charge in [-0.05, 0) is 30.7 Å². The van der Waals surface area contributed by atoms with Gasteiger partial charge in [0.05, 0.1) is 25.7 Å². The molecule has 2 aliphatic rings. The van der Waals surface area contributed by atoms with E-state index in [4.69, 9.17) is 9.47 Å². The van der Waals surface area contributed by atoms with Crippen LogP contribution in [0.1, 0.15) is 53.6 Å². The first kappa shape index (κ1) is 28.3. The van der Waals surface area contributed by atoms with Crippen molar-refractivity contribution >= 4 is 18.1 Å². The summed E-state index contributed by atoms with van der Waals surface area (Å²) in [6.45, 7) is 1.52. The van der Waals surface area contributed by atoms with Gasteiger partial charge in [0.2, 0.25) is 11.8 Å². The Morgan fingerprint density at radius 1 is 1.26 bits per heavy atom. The van der Waals surface area contributed by atoms with Gasteiger partial charge in [0.25, 0.3) is 0 Å². The lowest BCUT2D eigenvalue weighted by Crippen LogP contribution is -2.55. The molecule has 4 atom stereocenters. The van der Waals surface area contributed by atoms with Gasteiger partial charge in [0.15, 0.2) is 11.5 Å². The number of rotatable bonds is 11. The number of unbranched alkanes of at least 4 members (excludes halogenated alkanes) is 1. The molecule has 4 unspecified atom stereocenters. The zero-order valence-electron chi connectivity index (χ0n) is 21.9. The zero-order valence-corrected chi connectivity index (χ0v) is 21.9. The third-order valence-electron chi connectivity index (χ3n) is 7.13. The minimum Gasteiger partial charge on any atom is -0.493 e. The van der Waals surface area contributed by atoms with Crippen LogP contribution in [0.15, 0.2) is 48.0 Å². The molecule has 3 N–H and O–H groups in total. The summed E-state index contributed by atoms with van der Waals surface area (Å²) in [7, 11) is 1.42. The van der Waals surface area contributed by atoms with E-state index in [2.05, 4.69) is 5.32 Å². The number of carbonyl (C=O) groups is 3. The van der Waals surface area contributed by atoms with E-state index in [9.17, 15) is 29.0 Å². The Labute approximate surface area is 226 Å². The van der Waals surface area contributed by atoms with Crippen LogP contribution in [0.2, 0.25) is 0 Å². The maximum atomic E-state index is 14.7. The lowest BCUT2D eigenvalue weighted by atomic mass is 9.77. The Morgan fingerprint density at radius 3 is 2.69 bits per heavy atom. The number of aldehydes is 1. The molecule has 0 spiro atoms. The van der Waals surface area contributed by atoms with Gasteiger partial charge < -0.3 is 29.9 Å². The second-order valence-electron chi connectivity index (χ2n) is 9.62. The molecule has 9 nitrogen and oxygen atoms in total. The van der Waals surface area contributed by atoms with E-state index in [1.165, 1.54) is 30.2 Å². The summed E-state index contributed by atoms with van der Waals surface area (Å²) < 4.78 is 26.2. The molecular weight excluding hydrogens is 507 g/mol. The predicted molar refractivity (Wildman–Crippen MR) is 140 cm³/mol. The Balaban J connectivity index is 1.82. The van der Waals surface area contributed by atoms with Crippen LogP contribution in [0.4, 0.5) is 4.39 Å². The van der Waals surface area contributed by atoms with Crippen LogP contribution in [-0.4, -0.2) is 71.7 Å². The number of fused-ring (bicyclic) bond motifs is 3. The van der Waals surface area contributed by atoms with Gasteiger partial charge in [-0.25, -0.2) is 4.39 Å². The van der Waals surface area contributed by atoms with Crippen molar-refractivity contribution in [3.8, 4) is 11.5 Å². The summed E-state index contributed by atoms with van der Waals surface area (Å²) in [6, 6.07) is 8.15. The molecule has 0 radical (unpaired) electrons. The molecular formula is C29H33FN2O7. The molecule has 2 amide bonds. The topological polar surface area (TPSA) is 125 Å². The predicted octanol–water partition coefficient (Wildman–Crippen LogP) is 2.49. The first-order valence-corrected chi connectivity index (χ1v) is 13.0. The second kappa shape index (κ2) is 12.4. The van der Waals surface area contributed by atoms with Crippen molar-refractivity contribution in [3.05, 3.63) is 70.6 Å². The average Bonchev–Trinajstić information content (AvgIpc) is 3.34. The number of hydrogen-bond donors (Lipinski definition) is 3. The van der Waals surface area contributed by atoms with Crippen LogP contribution < -0.4 is 14.8 Å². The number of nitrogens with one attached hydrogen (secondary N) is 1. The van der Waals surface area contributed by atoms with Crippen molar-refractivity contribution in [1.82, 2.24) is 10.2 Å². The molecule has 0 fully saturated rings. The zero-order chi connectivity index (χ0) is 28.1. The molecule has 0 bridgehead atoms. The van der Waals surface area contributed by atoms with Crippen LogP contribution in [0.3, 0.4) is 0 Å². The summed E-state index contributed by atoms with van der Waals surface area (Å²) in [6.07, 6.45) is 1.42. The van der Waals surface area contributed by atoms with E-state index in [-0.39, 0.29) is 54.7 Å². The molecule has 1 aliphatic carbocycles. The highest BCUT2D eigenvalue weighted by atomic mass is 19.1. The highest BCUT2D eigenvalue weighted by molar-refractivity contribution is 5.96. The molecule has 208 valence electrons. The maximum absolute atomic E-state index is 14.7. The van der Waals surface area contributed by atoms with E-state index >= 15 is 0 Å². The van der Waals surface area contributed by atoms with Gasteiger partial charge >= 0.3 is 0 Å². The van der Waals surface area contributed by atoms with Crippen molar-refractivity contribution in [2.24, 2.45) is 0 Å². The lowest BCUT2D eigenvalue weighted by molar-refractivity contribution is -0.138. The maximum Gasteiger partial charge on any atom is 0.247 e. The van der Waals surface area contributed by atoms with Crippen LogP contribution in [-0.2, 0) is 16.1 Å². The van der Waals surface area contributed by atoms with Crippen LogP contribution in [0.5, 0.6) is 11.5 Å². The van der Waals surface area contributed by atoms with Gasteiger partial charge in [-0.3, -0.25) is 14.4 Å². The Hall–Kier alpha value is -3.76. The fourth-order valence-corrected chi connectivity index (χ4v) is 5.20. The Morgan fingerprint density at radius 2 is 2.03 bits per heavy atom. The van der Waals surface area contributed by atoms with Gasteiger partial charge in [-0.2, -0.15) is 0 Å². The van der Waals surface area contributed by atoms with Crippen molar-refractivity contribution < 1.29 is 38.5 Å². The number of aliphatic hydroxyl groups is 2. The molecule has 0 aromatic heterocycles. The second-order valence-corrected chi connectivity index (χ2v) is 9.62. The largest absolute Gasteiger partial charge is 0.493 e. The van der Waals surface area contributed by atoms with Crippen LogP contribution >= 0.6 is 0 Å². The SMILES string of the molecule is CCCCC(=O)N(Cc1ccccc1F)C1C=C(C(=O)NCCO)C2c3cc(C=O)cc(OC)c3OC2C1O. The minimum atomic E-state index is -1.29. The van der Waals surface area contributed by atoms with E-state index in [0.717, 1.165) is 6.42 Å². The molecule has 2 aromatic rings. The Bertz CT molecular complexity index is 1260. The molecule has 39 heavy (non-hydrogen) atoms. The van der Waals surface area contributed by atoms with Crippen molar-refractivity contribution in [1.29, 1.82) is 0 Å². The number of aliphatic hydroxyl groups excluding tert-OH is 2. The standard InChI is InChI=1S/C29H33FN2O7/c1-3-4-9-24(35)32(15-18-7-5-6-8-21(18)30)22-14-20(29(37)31-10-11-33)25-19-12-17(16-34)13-23(38-2)27(19)39-28(25)26(22)36/h5-8,12-14,16,22,25-26,28,33,36H,3-4,9-11,15H2,1-2H3,(H,31,37). The summed E-state index contributed by atoms with van der Waals surface area (Å²) in [5.74, 6) is -1.53. The third kappa shape index (κ3) is 5.67. The van der Waals surface area contributed by atoms with Gasteiger partial charge in [0, 0.05) is 41.8 Å². The van der Waals surface area contributed by atoms with Crippen molar-refractivity contribution in [3.63, 3.8) is 0 Å². The molecule has 0 saturated carbocycles. The van der Waals surface area contributed by atoms with Crippen LogP contribution in [0.25, 0.3) is 0 Å². The highest BCUT2D eigenvalue weighted by Crippen LogP contribution is 2.51. The number of benzene rings is 2. The van der Waals surface area contributed by atoms with Crippen molar-refractivity contribution in [2.45, 2.75) is 56.9 Å². The van der Waals surface area contributed by atoms with E-state index < -0.39 is 35.9 Å².